The molecule has 0 atom stereocenters. The minimum atomic E-state index is -2.81. The van der Waals surface area contributed by atoms with E-state index in [4.69, 9.17) is 5.73 Å². The molecule has 7 heteroatoms. The van der Waals surface area contributed by atoms with Gasteiger partial charge in [0.1, 0.15) is 5.75 Å². The molecule has 2 rings (SSSR count). The Kier molecular flexibility index (Phi) is 8.44. The third kappa shape index (κ3) is 6.33. The van der Waals surface area contributed by atoms with E-state index in [0.29, 0.717) is 12.5 Å². The van der Waals surface area contributed by atoms with Crippen molar-refractivity contribution < 1.29 is 13.5 Å². The largest absolute Gasteiger partial charge is 0.435 e. The molecular formula is C15H22F2IN3O. The van der Waals surface area contributed by atoms with Gasteiger partial charge in [-0.3, -0.25) is 0 Å². The fourth-order valence-electron chi connectivity index (χ4n) is 2.39. The Morgan fingerprint density at radius 1 is 1.23 bits per heavy atom. The van der Waals surface area contributed by atoms with Gasteiger partial charge < -0.3 is 15.4 Å². The van der Waals surface area contributed by atoms with Gasteiger partial charge in [-0.15, -0.1) is 24.0 Å². The summed E-state index contributed by atoms with van der Waals surface area (Å²) in [5.74, 6) is 0.670. The highest BCUT2D eigenvalue weighted by atomic mass is 127. The van der Waals surface area contributed by atoms with E-state index in [1.165, 1.54) is 18.9 Å². The summed E-state index contributed by atoms with van der Waals surface area (Å²) in [6, 6.07) is 6.55. The van der Waals surface area contributed by atoms with Crippen molar-refractivity contribution in [3.8, 4) is 5.75 Å². The quantitative estimate of drug-likeness (QED) is 0.456. The molecule has 2 N–H and O–H groups in total. The van der Waals surface area contributed by atoms with Crippen LogP contribution in [0.3, 0.4) is 0 Å². The summed E-state index contributed by atoms with van der Waals surface area (Å²) in [6.07, 6.45) is 4.73. The number of nitrogens with two attached hydrogens (primary N) is 1. The van der Waals surface area contributed by atoms with Gasteiger partial charge in [0.2, 0.25) is 0 Å². The summed E-state index contributed by atoms with van der Waals surface area (Å²) in [5, 5.41) is 0. The van der Waals surface area contributed by atoms with Crippen LogP contribution >= 0.6 is 24.0 Å². The molecule has 0 aliphatic carbocycles. The SMILES string of the molecule is I.NC(=NCc1cccc(OC(F)F)c1)N1CCCCCC1. The molecule has 1 fully saturated rings. The van der Waals surface area contributed by atoms with Crippen molar-refractivity contribution >= 4 is 29.9 Å². The third-order valence-corrected chi connectivity index (χ3v) is 3.48. The van der Waals surface area contributed by atoms with Crippen LogP contribution in [0.2, 0.25) is 0 Å². The van der Waals surface area contributed by atoms with Crippen LogP contribution in [0.15, 0.2) is 29.3 Å². The van der Waals surface area contributed by atoms with E-state index >= 15 is 0 Å². The summed E-state index contributed by atoms with van der Waals surface area (Å²) in [6.45, 7) is -0.581. The second-order valence-electron chi connectivity index (χ2n) is 5.10. The van der Waals surface area contributed by atoms with Gasteiger partial charge in [-0.2, -0.15) is 8.78 Å². The van der Waals surface area contributed by atoms with Crippen LogP contribution < -0.4 is 10.5 Å². The number of aliphatic imine (C=N–C) groups is 1. The van der Waals surface area contributed by atoms with Crippen LogP contribution in [-0.2, 0) is 6.54 Å². The molecule has 0 radical (unpaired) electrons. The lowest BCUT2D eigenvalue weighted by molar-refractivity contribution is -0.0498. The lowest BCUT2D eigenvalue weighted by atomic mass is 10.2. The maximum absolute atomic E-state index is 12.2. The first-order valence-electron chi connectivity index (χ1n) is 7.24. The number of rotatable bonds is 4. The van der Waals surface area contributed by atoms with E-state index in [0.717, 1.165) is 31.5 Å². The highest BCUT2D eigenvalue weighted by Crippen LogP contribution is 2.16. The molecule has 22 heavy (non-hydrogen) atoms. The molecule has 0 unspecified atom stereocenters. The van der Waals surface area contributed by atoms with Crippen molar-refractivity contribution in [3.05, 3.63) is 29.8 Å². The minimum absolute atomic E-state index is 0. The Labute approximate surface area is 146 Å². The van der Waals surface area contributed by atoms with Gasteiger partial charge in [-0.05, 0) is 30.5 Å². The Bertz CT molecular complexity index is 478. The van der Waals surface area contributed by atoms with E-state index < -0.39 is 6.61 Å². The summed E-state index contributed by atoms with van der Waals surface area (Å²) in [7, 11) is 0. The average Bonchev–Trinajstić information content (AvgIpc) is 2.73. The molecule has 1 saturated heterocycles. The van der Waals surface area contributed by atoms with Gasteiger partial charge in [0.05, 0.1) is 6.54 Å². The minimum Gasteiger partial charge on any atom is -0.435 e. The molecule has 1 heterocycles. The Hall–Kier alpha value is -1.12. The van der Waals surface area contributed by atoms with Crippen molar-refractivity contribution in [2.75, 3.05) is 13.1 Å². The topological polar surface area (TPSA) is 50.9 Å². The number of alkyl halides is 2. The number of halogens is 3. The molecule has 1 aliphatic heterocycles. The van der Waals surface area contributed by atoms with E-state index in [-0.39, 0.29) is 29.7 Å². The molecule has 4 nitrogen and oxygen atoms in total. The molecule has 124 valence electrons. The first kappa shape index (κ1) is 18.9. The summed E-state index contributed by atoms with van der Waals surface area (Å²) in [5.41, 5.74) is 6.81. The standard InChI is InChI=1S/C15H21F2N3O.HI/c16-14(17)21-13-7-5-6-12(10-13)11-19-15(18)20-8-3-1-2-4-9-20;/h5-7,10,14H,1-4,8-9,11H2,(H2,18,19);1H. The smallest absolute Gasteiger partial charge is 0.387 e. The number of guanidine groups is 1. The zero-order chi connectivity index (χ0) is 15.1. The predicted molar refractivity (Wildman–Crippen MR) is 93.9 cm³/mol. The zero-order valence-electron chi connectivity index (χ0n) is 12.4. The number of benzene rings is 1. The van der Waals surface area contributed by atoms with Crippen LogP contribution in [0.25, 0.3) is 0 Å². The average molecular weight is 425 g/mol. The first-order valence-corrected chi connectivity index (χ1v) is 7.24. The summed E-state index contributed by atoms with van der Waals surface area (Å²) >= 11 is 0. The summed E-state index contributed by atoms with van der Waals surface area (Å²) in [4.78, 5) is 6.45. The molecule has 0 saturated carbocycles. The van der Waals surface area contributed by atoms with Gasteiger partial charge in [-0.25, -0.2) is 4.99 Å². The Morgan fingerprint density at radius 3 is 2.55 bits per heavy atom. The second kappa shape index (κ2) is 9.81. The van der Waals surface area contributed by atoms with Crippen LogP contribution in [0, 0.1) is 0 Å². The Balaban J connectivity index is 0.00000242. The number of hydrogen-bond acceptors (Lipinski definition) is 2. The van der Waals surface area contributed by atoms with Crippen molar-refractivity contribution in [1.29, 1.82) is 0 Å². The van der Waals surface area contributed by atoms with Crippen LogP contribution in [0.4, 0.5) is 8.78 Å². The van der Waals surface area contributed by atoms with E-state index in [1.807, 2.05) is 6.07 Å². The van der Waals surface area contributed by atoms with Gasteiger partial charge in [0.15, 0.2) is 5.96 Å². The highest BCUT2D eigenvalue weighted by Gasteiger charge is 2.10. The van der Waals surface area contributed by atoms with Crippen LogP contribution in [0.1, 0.15) is 31.2 Å². The summed E-state index contributed by atoms with van der Waals surface area (Å²) < 4.78 is 28.7. The first-order chi connectivity index (χ1) is 10.1. The molecule has 0 aromatic heterocycles. The van der Waals surface area contributed by atoms with Crippen molar-refractivity contribution in [1.82, 2.24) is 4.90 Å². The van der Waals surface area contributed by atoms with Crippen molar-refractivity contribution in [3.63, 3.8) is 0 Å². The van der Waals surface area contributed by atoms with Gasteiger partial charge in [-0.1, -0.05) is 25.0 Å². The number of hydrogen-bond donors (Lipinski definition) is 1. The lowest BCUT2D eigenvalue weighted by Gasteiger charge is -2.21. The number of ether oxygens (including phenoxy) is 1. The monoisotopic (exact) mass is 425 g/mol. The fraction of sp³-hybridized carbons (Fsp3) is 0.533. The van der Waals surface area contributed by atoms with Crippen LogP contribution in [-0.4, -0.2) is 30.6 Å². The molecule has 1 aromatic carbocycles. The third-order valence-electron chi connectivity index (χ3n) is 3.48. The Morgan fingerprint density at radius 2 is 1.91 bits per heavy atom. The molecule has 0 bridgehead atoms. The fourth-order valence-corrected chi connectivity index (χ4v) is 2.39. The molecule has 0 amide bonds. The number of likely N-dealkylation sites (tertiary alicyclic amines) is 1. The van der Waals surface area contributed by atoms with E-state index in [9.17, 15) is 8.78 Å². The second-order valence-corrected chi connectivity index (χ2v) is 5.10. The van der Waals surface area contributed by atoms with E-state index in [1.54, 1.807) is 12.1 Å². The van der Waals surface area contributed by atoms with Crippen molar-refractivity contribution in [2.45, 2.75) is 38.8 Å². The lowest BCUT2D eigenvalue weighted by Crippen LogP contribution is -2.38. The maximum Gasteiger partial charge on any atom is 0.387 e. The molecule has 1 aliphatic rings. The normalized spacial score (nSPS) is 16.1. The number of nitrogens with zero attached hydrogens (tertiary/aromatic N) is 2. The molecular weight excluding hydrogens is 403 g/mol. The maximum atomic E-state index is 12.2. The van der Waals surface area contributed by atoms with Gasteiger partial charge in [0, 0.05) is 13.1 Å². The molecule has 0 spiro atoms. The van der Waals surface area contributed by atoms with Gasteiger partial charge in [0.25, 0.3) is 0 Å². The van der Waals surface area contributed by atoms with Crippen molar-refractivity contribution in [2.24, 2.45) is 10.7 Å². The highest BCUT2D eigenvalue weighted by molar-refractivity contribution is 14.0. The van der Waals surface area contributed by atoms with Gasteiger partial charge >= 0.3 is 6.61 Å². The predicted octanol–water partition coefficient (Wildman–Crippen LogP) is 3.60. The molecule has 1 aromatic rings. The van der Waals surface area contributed by atoms with Crippen LogP contribution in [0.5, 0.6) is 5.75 Å². The zero-order valence-corrected chi connectivity index (χ0v) is 14.7. The van der Waals surface area contributed by atoms with E-state index in [2.05, 4.69) is 14.6 Å².